The normalized spacial score (nSPS) is 24.5. The van der Waals surface area contributed by atoms with Crippen LogP contribution in [0.25, 0.3) is 0 Å². The zero-order valence-electron chi connectivity index (χ0n) is 9.38. The SMILES string of the molecule is CS(=O)(=O)CC(=O)NCC1CCC(C(=O)O)O1. The maximum Gasteiger partial charge on any atom is 0.332 e. The van der Waals surface area contributed by atoms with Gasteiger partial charge in [-0.1, -0.05) is 0 Å². The molecule has 0 aromatic heterocycles. The van der Waals surface area contributed by atoms with Crippen molar-refractivity contribution >= 4 is 21.7 Å². The van der Waals surface area contributed by atoms with Crippen LogP contribution in [0.5, 0.6) is 0 Å². The van der Waals surface area contributed by atoms with E-state index in [-0.39, 0.29) is 12.6 Å². The number of rotatable bonds is 5. The van der Waals surface area contributed by atoms with Crippen LogP contribution in [0.3, 0.4) is 0 Å². The highest BCUT2D eigenvalue weighted by molar-refractivity contribution is 7.91. The molecule has 1 saturated heterocycles. The van der Waals surface area contributed by atoms with Crippen LogP contribution in [0.2, 0.25) is 0 Å². The predicted octanol–water partition coefficient (Wildman–Crippen LogP) is -1.22. The molecule has 0 saturated carbocycles. The summed E-state index contributed by atoms with van der Waals surface area (Å²) in [5.41, 5.74) is 0. The molecule has 1 rings (SSSR count). The van der Waals surface area contributed by atoms with Crippen molar-refractivity contribution in [3.63, 3.8) is 0 Å². The first-order valence-electron chi connectivity index (χ1n) is 5.10. The number of ether oxygens (including phenoxy) is 1. The summed E-state index contributed by atoms with van der Waals surface area (Å²) in [5, 5.41) is 11.1. The Morgan fingerprint density at radius 1 is 1.41 bits per heavy atom. The molecule has 1 amide bonds. The topological polar surface area (TPSA) is 110 Å². The van der Waals surface area contributed by atoms with Gasteiger partial charge in [-0.15, -0.1) is 0 Å². The molecular formula is C9H15NO6S. The van der Waals surface area contributed by atoms with Crippen molar-refractivity contribution in [3.8, 4) is 0 Å². The van der Waals surface area contributed by atoms with Crippen LogP contribution >= 0.6 is 0 Å². The van der Waals surface area contributed by atoms with Gasteiger partial charge in [-0.05, 0) is 12.8 Å². The smallest absolute Gasteiger partial charge is 0.332 e. The second-order valence-electron chi connectivity index (χ2n) is 4.04. The Labute approximate surface area is 99.1 Å². The summed E-state index contributed by atoms with van der Waals surface area (Å²) in [4.78, 5) is 21.7. The molecular weight excluding hydrogens is 250 g/mol. The molecule has 1 heterocycles. The summed E-state index contributed by atoms with van der Waals surface area (Å²) in [5.74, 6) is -2.19. The Balaban J connectivity index is 2.29. The summed E-state index contributed by atoms with van der Waals surface area (Å²) < 4.78 is 26.8. The largest absolute Gasteiger partial charge is 0.479 e. The highest BCUT2D eigenvalue weighted by Gasteiger charge is 2.30. The number of carbonyl (C=O) groups excluding carboxylic acids is 1. The van der Waals surface area contributed by atoms with Crippen molar-refractivity contribution in [2.45, 2.75) is 25.0 Å². The predicted molar refractivity (Wildman–Crippen MR) is 58.3 cm³/mol. The standard InChI is InChI=1S/C9H15NO6S/c1-17(14,15)5-8(11)10-4-6-2-3-7(16-6)9(12)13/h6-7H,2-5H2,1H3,(H,10,11)(H,12,13). The molecule has 1 aliphatic rings. The first-order chi connectivity index (χ1) is 7.78. The first kappa shape index (κ1) is 13.9. The lowest BCUT2D eigenvalue weighted by Gasteiger charge is -2.11. The van der Waals surface area contributed by atoms with Gasteiger partial charge in [0.1, 0.15) is 5.75 Å². The quantitative estimate of drug-likeness (QED) is 0.644. The third-order valence-electron chi connectivity index (χ3n) is 2.30. The van der Waals surface area contributed by atoms with E-state index in [2.05, 4.69) is 5.32 Å². The van der Waals surface area contributed by atoms with Crippen LogP contribution in [0.1, 0.15) is 12.8 Å². The lowest BCUT2D eigenvalue weighted by atomic mass is 10.2. The van der Waals surface area contributed by atoms with E-state index in [0.717, 1.165) is 6.26 Å². The van der Waals surface area contributed by atoms with E-state index in [4.69, 9.17) is 9.84 Å². The van der Waals surface area contributed by atoms with Gasteiger partial charge in [0, 0.05) is 12.8 Å². The second-order valence-corrected chi connectivity index (χ2v) is 6.18. The Bertz CT molecular complexity index is 404. The van der Waals surface area contributed by atoms with Crippen LogP contribution in [0, 0.1) is 0 Å². The van der Waals surface area contributed by atoms with Gasteiger partial charge in [-0.3, -0.25) is 4.79 Å². The third kappa shape index (κ3) is 5.14. The van der Waals surface area contributed by atoms with Crippen LogP contribution in [0.4, 0.5) is 0 Å². The molecule has 7 nitrogen and oxygen atoms in total. The van der Waals surface area contributed by atoms with Crippen molar-refractivity contribution in [3.05, 3.63) is 0 Å². The minimum absolute atomic E-state index is 0.137. The minimum atomic E-state index is -3.34. The average Bonchev–Trinajstić information content (AvgIpc) is 2.60. The van der Waals surface area contributed by atoms with E-state index in [1.54, 1.807) is 0 Å². The Morgan fingerprint density at radius 2 is 2.06 bits per heavy atom. The van der Waals surface area contributed by atoms with Crippen LogP contribution in [0.15, 0.2) is 0 Å². The van der Waals surface area contributed by atoms with E-state index in [1.807, 2.05) is 0 Å². The van der Waals surface area contributed by atoms with E-state index in [1.165, 1.54) is 0 Å². The van der Waals surface area contributed by atoms with Gasteiger partial charge in [0.25, 0.3) is 0 Å². The van der Waals surface area contributed by atoms with E-state index in [9.17, 15) is 18.0 Å². The molecule has 1 aliphatic heterocycles. The minimum Gasteiger partial charge on any atom is -0.479 e. The molecule has 0 aromatic carbocycles. The van der Waals surface area contributed by atoms with Gasteiger partial charge >= 0.3 is 5.97 Å². The van der Waals surface area contributed by atoms with Gasteiger partial charge in [0.2, 0.25) is 5.91 Å². The fourth-order valence-electron chi connectivity index (χ4n) is 1.55. The number of hydrogen-bond donors (Lipinski definition) is 2. The fraction of sp³-hybridized carbons (Fsp3) is 0.778. The molecule has 0 aromatic rings. The lowest BCUT2D eigenvalue weighted by Crippen LogP contribution is -2.36. The lowest BCUT2D eigenvalue weighted by molar-refractivity contribution is -0.149. The van der Waals surface area contributed by atoms with Gasteiger partial charge in [-0.2, -0.15) is 0 Å². The number of carbonyl (C=O) groups is 2. The summed E-state index contributed by atoms with van der Waals surface area (Å²) in [6, 6.07) is 0. The molecule has 98 valence electrons. The summed E-state index contributed by atoms with van der Waals surface area (Å²) in [6.07, 6.45) is 0.725. The van der Waals surface area contributed by atoms with Crippen molar-refractivity contribution in [2.24, 2.45) is 0 Å². The van der Waals surface area contributed by atoms with Crippen LogP contribution < -0.4 is 5.32 Å². The van der Waals surface area contributed by atoms with Gasteiger partial charge in [0.15, 0.2) is 15.9 Å². The second kappa shape index (κ2) is 5.46. The molecule has 2 unspecified atom stereocenters. The number of carboxylic acids is 1. The molecule has 8 heteroatoms. The zero-order valence-corrected chi connectivity index (χ0v) is 10.2. The van der Waals surface area contributed by atoms with Gasteiger partial charge in [-0.25, -0.2) is 13.2 Å². The number of nitrogens with one attached hydrogen (secondary N) is 1. The zero-order chi connectivity index (χ0) is 13.1. The number of hydrogen-bond acceptors (Lipinski definition) is 5. The van der Waals surface area contributed by atoms with Crippen LogP contribution in [-0.4, -0.2) is 56.2 Å². The number of aliphatic carboxylic acids is 1. The van der Waals surface area contributed by atoms with Crippen molar-refractivity contribution in [1.29, 1.82) is 0 Å². The molecule has 0 spiro atoms. The first-order valence-corrected chi connectivity index (χ1v) is 7.16. The Hall–Kier alpha value is -1.15. The summed E-state index contributed by atoms with van der Waals surface area (Å²) in [6.45, 7) is 0.137. The van der Waals surface area contributed by atoms with Gasteiger partial charge in [0.05, 0.1) is 6.10 Å². The molecule has 17 heavy (non-hydrogen) atoms. The van der Waals surface area contributed by atoms with E-state index in [0.29, 0.717) is 12.8 Å². The fourth-order valence-corrected chi connectivity index (χ4v) is 2.13. The number of sulfone groups is 1. The third-order valence-corrected chi connectivity index (χ3v) is 3.09. The molecule has 0 radical (unpaired) electrons. The summed E-state index contributed by atoms with van der Waals surface area (Å²) >= 11 is 0. The van der Waals surface area contributed by atoms with E-state index >= 15 is 0 Å². The Morgan fingerprint density at radius 3 is 2.53 bits per heavy atom. The highest BCUT2D eigenvalue weighted by Crippen LogP contribution is 2.19. The molecule has 0 bridgehead atoms. The molecule has 0 aliphatic carbocycles. The Kier molecular flexibility index (Phi) is 4.47. The summed E-state index contributed by atoms with van der Waals surface area (Å²) in [7, 11) is -3.34. The van der Waals surface area contributed by atoms with Crippen molar-refractivity contribution in [2.75, 3.05) is 18.6 Å². The van der Waals surface area contributed by atoms with Crippen molar-refractivity contribution in [1.82, 2.24) is 5.32 Å². The molecule has 1 fully saturated rings. The maximum absolute atomic E-state index is 11.2. The van der Waals surface area contributed by atoms with Crippen LogP contribution in [-0.2, 0) is 24.2 Å². The molecule has 2 atom stereocenters. The monoisotopic (exact) mass is 265 g/mol. The average molecular weight is 265 g/mol. The number of amides is 1. The van der Waals surface area contributed by atoms with Crippen molar-refractivity contribution < 1.29 is 27.9 Å². The van der Waals surface area contributed by atoms with Gasteiger partial charge < -0.3 is 15.2 Å². The highest BCUT2D eigenvalue weighted by atomic mass is 32.2. The maximum atomic E-state index is 11.2. The number of carboxylic acid groups (broad SMARTS) is 1. The molecule has 2 N–H and O–H groups in total. The van der Waals surface area contributed by atoms with E-state index < -0.39 is 33.6 Å².